The molecule has 0 amide bonds. The number of aliphatic carboxylic acids is 1. The summed E-state index contributed by atoms with van der Waals surface area (Å²) in [7, 11) is 1.52. The van der Waals surface area contributed by atoms with Gasteiger partial charge in [0.2, 0.25) is 0 Å². The highest BCUT2D eigenvalue weighted by Gasteiger charge is 2.29. The summed E-state index contributed by atoms with van der Waals surface area (Å²) in [6.45, 7) is 3.74. The molecule has 6 nitrogen and oxygen atoms in total. The number of aliphatic hydroxyl groups excluding tert-OH is 1. The molecule has 0 spiro atoms. The van der Waals surface area contributed by atoms with Crippen LogP contribution in [0.5, 0.6) is 5.75 Å². The molecule has 0 saturated carbocycles. The summed E-state index contributed by atoms with van der Waals surface area (Å²) in [5.74, 6) is -1.05. The first-order valence-corrected chi connectivity index (χ1v) is 9.89. The van der Waals surface area contributed by atoms with Crippen LogP contribution in [0.15, 0.2) is 42.2 Å². The van der Waals surface area contributed by atoms with Crippen LogP contribution < -0.4 is 15.0 Å². The van der Waals surface area contributed by atoms with Crippen molar-refractivity contribution >= 4 is 28.9 Å². The number of benzene rings is 2. The zero-order chi connectivity index (χ0) is 22.0. The molecule has 2 aromatic carbocycles. The zero-order valence-electron chi connectivity index (χ0n) is 16.9. The maximum absolute atomic E-state index is 14.4. The number of carboxylic acid groups (broad SMARTS) is 1. The van der Waals surface area contributed by atoms with Gasteiger partial charge in [-0.3, -0.25) is 0 Å². The number of hydrogen-bond donors (Lipinski definition) is 3. The van der Waals surface area contributed by atoms with Gasteiger partial charge in [-0.15, -0.1) is 0 Å². The van der Waals surface area contributed by atoms with Crippen LogP contribution in [-0.2, 0) is 11.2 Å². The summed E-state index contributed by atoms with van der Waals surface area (Å²) >= 11 is 5.90. The number of carboxylic acids is 1. The van der Waals surface area contributed by atoms with Crippen molar-refractivity contribution in [2.24, 2.45) is 5.92 Å². The average molecular weight is 435 g/mol. The quantitative estimate of drug-likeness (QED) is 0.604. The van der Waals surface area contributed by atoms with Crippen molar-refractivity contribution in [2.75, 3.05) is 23.9 Å². The normalized spacial score (nSPS) is 14.1. The third-order valence-electron chi connectivity index (χ3n) is 5.17. The lowest BCUT2D eigenvalue weighted by Crippen LogP contribution is -2.41. The summed E-state index contributed by atoms with van der Waals surface area (Å²) in [4.78, 5) is 13.4. The Labute approximate surface area is 179 Å². The summed E-state index contributed by atoms with van der Waals surface area (Å²) < 4.78 is 20.0. The predicted molar refractivity (Wildman–Crippen MR) is 115 cm³/mol. The third kappa shape index (κ3) is 4.22. The molecule has 0 fully saturated rings. The SMILES string of the molecule is COc1cc2c(cc1Cc1cccc(Cl)c1F)NC(C(=O)O)=CN2[C@H](CO)C(C)C. The van der Waals surface area contributed by atoms with Gasteiger partial charge in [-0.1, -0.05) is 37.6 Å². The van der Waals surface area contributed by atoms with E-state index in [9.17, 15) is 19.4 Å². The van der Waals surface area contributed by atoms with Crippen LogP contribution in [0.2, 0.25) is 5.02 Å². The second-order valence-electron chi connectivity index (χ2n) is 7.45. The van der Waals surface area contributed by atoms with E-state index in [0.29, 0.717) is 28.3 Å². The number of hydrogen-bond acceptors (Lipinski definition) is 5. The highest BCUT2D eigenvalue weighted by Crippen LogP contribution is 2.40. The first-order chi connectivity index (χ1) is 14.3. The van der Waals surface area contributed by atoms with E-state index in [0.717, 1.165) is 0 Å². The molecule has 1 atom stereocenters. The van der Waals surface area contributed by atoms with Crippen LogP contribution in [0.4, 0.5) is 15.8 Å². The Hall–Kier alpha value is -2.77. The molecule has 3 rings (SSSR count). The van der Waals surface area contributed by atoms with Gasteiger partial charge in [-0.2, -0.15) is 0 Å². The largest absolute Gasteiger partial charge is 0.496 e. The van der Waals surface area contributed by atoms with E-state index in [1.165, 1.54) is 19.4 Å². The number of halogens is 2. The molecule has 0 saturated heterocycles. The molecule has 8 heteroatoms. The summed E-state index contributed by atoms with van der Waals surface area (Å²) in [5, 5.41) is 22.4. The molecule has 0 aromatic heterocycles. The third-order valence-corrected chi connectivity index (χ3v) is 5.46. The Bertz CT molecular complexity index is 993. The Balaban J connectivity index is 2.10. The van der Waals surface area contributed by atoms with Gasteiger partial charge in [-0.25, -0.2) is 9.18 Å². The molecule has 1 aliphatic heterocycles. The van der Waals surface area contributed by atoms with Crippen LogP contribution in [0.25, 0.3) is 0 Å². The van der Waals surface area contributed by atoms with Crippen molar-refractivity contribution in [1.29, 1.82) is 0 Å². The topological polar surface area (TPSA) is 82.0 Å². The van der Waals surface area contributed by atoms with Crippen molar-refractivity contribution in [3.63, 3.8) is 0 Å². The van der Waals surface area contributed by atoms with Gasteiger partial charge in [0.1, 0.15) is 17.3 Å². The minimum Gasteiger partial charge on any atom is -0.496 e. The van der Waals surface area contributed by atoms with Crippen LogP contribution in [0.3, 0.4) is 0 Å². The van der Waals surface area contributed by atoms with Gasteiger partial charge in [0.25, 0.3) is 0 Å². The standard InChI is InChI=1S/C22H24ClFN2O4/c1-12(2)19(11-27)26-10-17(22(28)29)25-16-8-14(20(30-3)9-18(16)26)7-13-5-4-6-15(23)21(13)24/h4-6,8-10,12,19,25,27H,7,11H2,1-3H3,(H,28,29)/t19-/m1/s1. The number of carbonyl (C=O) groups is 1. The molecular formula is C22H24ClFN2O4. The molecule has 2 aromatic rings. The number of nitrogens with one attached hydrogen (secondary N) is 1. The first-order valence-electron chi connectivity index (χ1n) is 9.52. The maximum Gasteiger partial charge on any atom is 0.353 e. The van der Waals surface area contributed by atoms with E-state index in [1.807, 2.05) is 13.8 Å². The van der Waals surface area contributed by atoms with E-state index in [1.54, 1.807) is 29.2 Å². The van der Waals surface area contributed by atoms with E-state index in [2.05, 4.69) is 5.32 Å². The highest BCUT2D eigenvalue weighted by atomic mass is 35.5. The van der Waals surface area contributed by atoms with Crippen LogP contribution >= 0.6 is 11.6 Å². The Kier molecular flexibility index (Phi) is 6.53. The Morgan fingerprint density at radius 1 is 1.30 bits per heavy atom. The van der Waals surface area contributed by atoms with Gasteiger partial charge >= 0.3 is 5.97 Å². The lowest BCUT2D eigenvalue weighted by Gasteiger charge is -2.37. The molecule has 1 aliphatic rings. The molecule has 0 aliphatic carbocycles. The van der Waals surface area contributed by atoms with E-state index >= 15 is 0 Å². The van der Waals surface area contributed by atoms with Gasteiger partial charge in [0.05, 0.1) is 36.2 Å². The highest BCUT2D eigenvalue weighted by molar-refractivity contribution is 6.30. The molecule has 3 N–H and O–H groups in total. The van der Waals surface area contributed by atoms with Crippen molar-refractivity contribution < 1.29 is 24.1 Å². The van der Waals surface area contributed by atoms with E-state index in [-0.39, 0.29) is 35.7 Å². The number of aliphatic hydroxyl groups is 1. The lowest BCUT2D eigenvalue weighted by atomic mass is 9.98. The molecule has 0 unspecified atom stereocenters. The second kappa shape index (κ2) is 8.93. The number of methoxy groups -OCH3 is 1. The second-order valence-corrected chi connectivity index (χ2v) is 7.85. The summed E-state index contributed by atoms with van der Waals surface area (Å²) in [5.41, 5.74) is 2.25. The molecule has 1 heterocycles. The Morgan fingerprint density at radius 3 is 2.63 bits per heavy atom. The van der Waals surface area contributed by atoms with Crippen molar-refractivity contribution in [2.45, 2.75) is 26.3 Å². The van der Waals surface area contributed by atoms with E-state index < -0.39 is 11.8 Å². The minimum atomic E-state index is -1.12. The molecule has 0 bridgehead atoms. The molecular weight excluding hydrogens is 411 g/mol. The number of rotatable bonds is 7. The first kappa shape index (κ1) is 21.9. The average Bonchev–Trinajstić information content (AvgIpc) is 2.70. The molecule has 160 valence electrons. The zero-order valence-corrected chi connectivity index (χ0v) is 17.7. The smallest absolute Gasteiger partial charge is 0.353 e. The Morgan fingerprint density at radius 2 is 2.03 bits per heavy atom. The molecule has 0 radical (unpaired) electrons. The number of anilines is 2. The number of fused-ring (bicyclic) bond motifs is 1. The van der Waals surface area contributed by atoms with Crippen LogP contribution in [-0.4, -0.2) is 35.9 Å². The number of ether oxygens (including phenoxy) is 1. The fourth-order valence-electron chi connectivity index (χ4n) is 3.54. The van der Waals surface area contributed by atoms with Crippen molar-refractivity contribution in [1.82, 2.24) is 0 Å². The fourth-order valence-corrected chi connectivity index (χ4v) is 3.73. The van der Waals surface area contributed by atoms with Crippen molar-refractivity contribution in [3.8, 4) is 5.75 Å². The van der Waals surface area contributed by atoms with Gasteiger partial charge in [0.15, 0.2) is 0 Å². The maximum atomic E-state index is 14.4. The van der Waals surface area contributed by atoms with Gasteiger partial charge in [-0.05, 0) is 23.6 Å². The summed E-state index contributed by atoms with van der Waals surface area (Å²) in [6, 6.07) is 7.97. The number of nitrogens with zero attached hydrogens (tertiary/aromatic N) is 1. The molecule has 30 heavy (non-hydrogen) atoms. The predicted octanol–water partition coefficient (Wildman–Crippen LogP) is 4.25. The van der Waals surface area contributed by atoms with Crippen LogP contribution in [0, 0.1) is 11.7 Å². The van der Waals surface area contributed by atoms with Crippen molar-refractivity contribution in [3.05, 3.63) is 64.2 Å². The monoisotopic (exact) mass is 434 g/mol. The minimum absolute atomic E-state index is 0.0216. The summed E-state index contributed by atoms with van der Waals surface area (Å²) in [6.07, 6.45) is 1.69. The van der Waals surface area contributed by atoms with Gasteiger partial charge < -0.3 is 25.2 Å². The van der Waals surface area contributed by atoms with Gasteiger partial charge in [0, 0.05) is 24.3 Å². The van der Waals surface area contributed by atoms with E-state index in [4.69, 9.17) is 16.3 Å². The fraction of sp³-hybridized carbons (Fsp3) is 0.318. The van der Waals surface area contributed by atoms with Crippen LogP contribution in [0.1, 0.15) is 25.0 Å². The lowest BCUT2D eigenvalue weighted by molar-refractivity contribution is -0.132.